The number of methoxy groups -OCH3 is 1. The van der Waals surface area contributed by atoms with E-state index in [1.54, 1.807) is 18.2 Å². The van der Waals surface area contributed by atoms with Gasteiger partial charge in [0, 0.05) is 23.1 Å². The molecule has 2 heterocycles. The molecule has 29 heavy (non-hydrogen) atoms. The third kappa shape index (κ3) is 3.74. The van der Waals surface area contributed by atoms with Crippen molar-refractivity contribution in [3.8, 4) is 5.69 Å². The smallest absolute Gasteiger partial charge is 0.337 e. The molecule has 3 rings (SSSR count). The topological polar surface area (TPSA) is 68.6 Å². The fraction of sp³-hybridized carbons (Fsp3) is 0.318. The summed E-state index contributed by atoms with van der Waals surface area (Å²) < 4.78 is 6.88. The highest BCUT2D eigenvalue weighted by atomic mass is 32.2. The highest BCUT2D eigenvalue weighted by Crippen LogP contribution is 2.35. The molecule has 7 heteroatoms. The Morgan fingerprint density at radius 1 is 1.14 bits per heavy atom. The minimum Gasteiger partial charge on any atom is -0.465 e. The van der Waals surface area contributed by atoms with Crippen LogP contribution in [0.15, 0.2) is 29.2 Å². The molecule has 1 aromatic carbocycles. The Balaban J connectivity index is 2.06. The predicted molar refractivity (Wildman–Crippen MR) is 114 cm³/mol. The lowest BCUT2D eigenvalue weighted by atomic mass is 10.1. The van der Waals surface area contributed by atoms with Gasteiger partial charge in [-0.05, 0) is 81.8 Å². The van der Waals surface area contributed by atoms with E-state index >= 15 is 0 Å². The van der Waals surface area contributed by atoms with Crippen molar-refractivity contribution < 1.29 is 19.1 Å². The summed E-state index contributed by atoms with van der Waals surface area (Å²) in [6.07, 6.45) is 1.77. The fourth-order valence-electron chi connectivity index (χ4n) is 3.47. The van der Waals surface area contributed by atoms with Crippen LogP contribution in [0.25, 0.3) is 11.8 Å². The standard InChI is InChI=1S/C22H24N2O4S/c1-12(2)23-20(25)19(29-22(23)27)11-17-9-14(4)24(15(17)5)18-10-16(21(26)28-6)8-7-13(18)3/h7-12H,1-6H3/b19-11-. The van der Waals surface area contributed by atoms with Crippen LogP contribution < -0.4 is 0 Å². The number of esters is 1. The Labute approximate surface area is 174 Å². The number of amides is 2. The maximum atomic E-state index is 12.6. The molecule has 0 N–H and O–H groups in total. The molecule has 0 aliphatic carbocycles. The SMILES string of the molecule is COC(=O)c1ccc(C)c(-n2c(C)cc(/C=C3\SC(=O)N(C(C)C)C3=O)c2C)c1. The van der Waals surface area contributed by atoms with Gasteiger partial charge in [-0.2, -0.15) is 0 Å². The summed E-state index contributed by atoms with van der Waals surface area (Å²) in [5.41, 5.74) is 5.09. The van der Waals surface area contributed by atoms with Crippen molar-refractivity contribution in [2.75, 3.05) is 7.11 Å². The molecule has 0 unspecified atom stereocenters. The number of ether oxygens (including phenoxy) is 1. The van der Waals surface area contributed by atoms with Gasteiger partial charge in [-0.25, -0.2) is 4.79 Å². The average molecular weight is 413 g/mol. The molecule has 2 aromatic rings. The quantitative estimate of drug-likeness (QED) is 0.541. The molecule has 0 radical (unpaired) electrons. The second-order valence-electron chi connectivity index (χ2n) is 7.30. The first-order valence-corrected chi connectivity index (χ1v) is 10.1. The van der Waals surface area contributed by atoms with Gasteiger partial charge < -0.3 is 9.30 Å². The van der Waals surface area contributed by atoms with Crippen LogP contribution in [-0.2, 0) is 9.53 Å². The number of carbonyl (C=O) groups is 3. The Morgan fingerprint density at radius 3 is 2.41 bits per heavy atom. The first kappa shape index (κ1) is 20.9. The zero-order valence-electron chi connectivity index (χ0n) is 17.4. The van der Waals surface area contributed by atoms with Gasteiger partial charge in [0.15, 0.2) is 0 Å². The summed E-state index contributed by atoms with van der Waals surface area (Å²) in [7, 11) is 1.36. The highest BCUT2D eigenvalue weighted by molar-refractivity contribution is 8.18. The van der Waals surface area contributed by atoms with Crippen molar-refractivity contribution in [3.63, 3.8) is 0 Å². The van der Waals surface area contributed by atoms with Crippen LogP contribution in [0.2, 0.25) is 0 Å². The zero-order valence-corrected chi connectivity index (χ0v) is 18.2. The first-order chi connectivity index (χ1) is 13.6. The van der Waals surface area contributed by atoms with Crippen LogP contribution in [0.4, 0.5) is 4.79 Å². The maximum Gasteiger partial charge on any atom is 0.337 e. The third-order valence-electron chi connectivity index (χ3n) is 4.97. The van der Waals surface area contributed by atoms with Crippen LogP contribution in [-0.4, -0.2) is 39.7 Å². The molecule has 152 valence electrons. The molecule has 0 saturated carbocycles. The van der Waals surface area contributed by atoms with Crippen molar-refractivity contribution in [3.05, 3.63) is 57.2 Å². The van der Waals surface area contributed by atoms with Gasteiger partial charge >= 0.3 is 5.97 Å². The number of thioether (sulfide) groups is 1. The summed E-state index contributed by atoms with van der Waals surface area (Å²) in [4.78, 5) is 38.4. The number of rotatable bonds is 4. The van der Waals surface area contributed by atoms with Gasteiger partial charge in [-0.15, -0.1) is 0 Å². The van der Waals surface area contributed by atoms with Crippen molar-refractivity contribution in [1.82, 2.24) is 9.47 Å². The van der Waals surface area contributed by atoms with Gasteiger partial charge in [0.2, 0.25) is 0 Å². The number of carbonyl (C=O) groups excluding carboxylic acids is 3. The second kappa shape index (κ2) is 7.91. The van der Waals surface area contributed by atoms with Crippen molar-refractivity contribution in [1.29, 1.82) is 0 Å². The monoisotopic (exact) mass is 412 g/mol. The molecule has 1 aliphatic rings. The van der Waals surface area contributed by atoms with E-state index in [0.29, 0.717) is 10.5 Å². The molecule has 1 fully saturated rings. The van der Waals surface area contributed by atoms with Gasteiger partial charge in [0.25, 0.3) is 11.1 Å². The molecule has 0 bridgehead atoms. The van der Waals surface area contributed by atoms with Crippen LogP contribution in [0.5, 0.6) is 0 Å². The van der Waals surface area contributed by atoms with E-state index in [4.69, 9.17) is 4.74 Å². The van der Waals surface area contributed by atoms with Crippen LogP contribution >= 0.6 is 11.8 Å². The molecule has 6 nitrogen and oxygen atoms in total. The number of aryl methyl sites for hydroxylation is 2. The summed E-state index contributed by atoms with van der Waals surface area (Å²) in [6.45, 7) is 9.54. The molecule has 1 aliphatic heterocycles. The van der Waals surface area contributed by atoms with Gasteiger partial charge in [0.1, 0.15) is 0 Å². The van der Waals surface area contributed by atoms with Crippen molar-refractivity contribution in [2.45, 2.75) is 40.7 Å². The lowest BCUT2D eigenvalue weighted by Crippen LogP contribution is -2.34. The number of nitrogens with zero attached hydrogens (tertiary/aromatic N) is 2. The third-order valence-corrected chi connectivity index (χ3v) is 5.85. The maximum absolute atomic E-state index is 12.6. The van der Waals surface area contributed by atoms with Crippen molar-refractivity contribution in [2.24, 2.45) is 0 Å². The minimum absolute atomic E-state index is 0.176. The van der Waals surface area contributed by atoms with E-state index in [0.717, 1.165) is 40.0 Å². The summed E-state index contributed by atoms with van der Waals surface area (Å²) in [6, 6.07) is 7.22. The van der Waals surface area contributed by atoms with Gasteiger partial charge in [-0.1, -0.05) is 6.07 Å². The molecule has 1 saturated heterocycles. The van der Waals surface area contributed by atoms with Crippen LogP contribution in [0.3, 0.4) is 0 Å². The van der Waals surface area contributed by atoms with Gasteiger partial charge in [-0.3, -0.25) is 14.5 Å². The Bertz CT molecular complexity index is 1050. The van der Waals surface area contributed by atoms with Crippen LogP contribution in [0, 0.1) is 20.8 Å². The number of imide groups is 1. The summed E-state index contributed by atoms with van der Waals surface area (Å²) in [5.74, 6) is -0.653. The van der Waals surface area contributed by atoms with E-state index in [1.165, 1.54) is 12.0 Å². The van der Waals surface area contributed by atoms with E-state index in [9.17, 15) is 14.4 Å². The summed E-state index contributed by atoms with van der Waals surface area (Å²) in [5, 5.41) is -0.244. The van der Waals surface area contributed by atoms with Crippen molar-refractivity contribution >= 4 is 35.0 Å². The van der Waals surface area contributed by atoms with E-state index in [1.807, 2.05) is 51.3 Å². The molecule has 0 atom stereocenters. The number of aromatic nitrogens is 1. The largest absolute Gasteiger partial charge is 0.465 e. The first-order valence-electron chi connectivity index (χ1n) is 9.31. The number of hydrogen-bond donors (Lipinski definition) is 0. The lowest BCUT2D eigenvalue weighted by Gasteiger charge is -2.16. The van der Waals surface area contributed by atoms with Crippen LogP contribution in [0.1, 0.15) is 46.7 Å². The molecule has 0 spiro atoms. The zero-order chi connectivity index (χ0) is 21.5. The van der Waals surface area contributed by atoms with E-state index in [2.05, 4.69) is 0 Å². The normalized spacial score (nSPS) is 15.7. The van der Waals surface area contributed by atoms with E-state index < -0.39 is 5.97 Å². The minimum atomic E-state index is -0.392. The molecule has 2 amide bonds. The summed E-state index contributed by atoms with van der Waals surface area (Å²) >= 11 is 0.965. The Morgan fingerprint density at radius 2 is 1.83 bits per heavy atom. The number of hydrogen-bond acceptors (Lipinski definition) is 5. The highest BCUT2D eigenvalue weighted by Gasteiger charge is 2.36. The second-order valence-corrected chi connectivity index (χ2v) is 8.29. The Hall–Kier alpha value is -2.80. The predicted octanol–water partition coefficient (Wildman–Crippen LogP) is 4.63. The average Bonchev–Trinajstić information content (AvgIpc) is 3.10. The Kier molecular flexibility index (Phi) is 5.71. The lowest BCUT2D eigenvalue weighted by molar-refractivity contribution is -0.123. The molecule has 1 aromatic heterocycles. The molecular formula is C22H24N2O4S. The number of benzene rings is 1. The fourth-order valence-corrected chi connectivity index (χ4v) is 4.42. The van der Waals surface area contributed by atoms with E-state index in [-0.39, 0.29) is 17.2 Å². The molecular weight excluding hydrogens is 388 g/mol. The van der Waals surface area contributed by atoms with Gasteiger partial charge in [0.05, 0.1) is 17.6 Å².